The first-order chi connectivity index (χ1) is 15.0. The normalized spacial score (nSPS) is 13.4. The number of para-hydroxylation sites is 1. The smallest absolute Gasteiger partial charge is 0.331 e. The lowest BCUT2D eigenvalue weighted by Gasteiger charge is -2.12. The van der Waals surface area contributed by atoms with Gasteiger partial charge in [-0.05, 0) is 36.3 Å². The Bertz CT molecular complexity index is 1320. The van der Waals surface area contributed by atoms with Gasteiger partial charge in [-0.2, -0.15) is 0 Å². The van der Waals surface area contributed by atoms with E-state index in [-0.39, 0.29) is 18.0 Å². The summed E-state index contributed by atoms with van der Waals surface area (Å²) in [6.07, 6.45) is 3.60. The molecule has 1 aliphatic rings. The number of H-pyrrole nitrogens is 1. The summed E-state index contributed by atoms with van der Waals surface area (Å²) in [5.41, 5.74) is 1.87. The average Bonchev–Trinajstić information content (AvgIpc) is 3.19. The standard InChI is InChI=1S/C23H21N3O5/c1-30-19-8-7-14(11-20(19)31-2)9-10-26-22(28)17(21(27)25-23(26)29)12-15-13-24-18-6-4-3-5-16(15)18/h3-8,11-13,28H,9-10H2,1-2H3,(H,25,27,29)/b15-12+. The molecular formula is C23H21N3O5. The largest absolute Gasteiger partial charge is 0.494 e. The van der Waals surface area contributed by atoms with Gasteiger partial charge in [-0.3, -0.25) is 19.3 Å². The predicted octanol–water partition coefficient (Wildman–Crippen LogP) is 2.76. The molecule has 0 radical (unpaired) electrons. The van der Waals surface area contributed by atoms with Crippen LogP contribution >= 0.6 is 0 Å². The Hall–Kier alpha value is -4.07. The van der Waals surface area contributed by atoms with E-state index >= 15 is 0 Å². The lowest BCUT2D eigenvalue weighted by atomic mass is 10.1. The average molecular weight is 419 g/mol. The van der Waals surface area contributed by atoms with Gasteiger partial charge < -0.3 is 14.6 Å². The first kappa shape index (κ1) is 20.2. The minimum Gasteiger partial charge on any atom is -0.494 e. The maximum atomic E-state index is 12.4. The van der Waals surface area contributed by atoms with Gasteiger partial charge in [-0.1, -0.05) is 24.3 Å². The zero-order valence-corrected chi connectivity index (χ0v) is 17.1. The van der Waals surface area contributed by atoms with E-state index in [4.69, 9.17) is 9.47 Å². The number of nitrogens with one attached hydrogen (secondary N) is 1. The highest BCUT2D eigenvalue weighted by atomic mass is 16.5. The van der Waals surface area contributed by atoms with E-state index in [0.29, 0.717) is 23.5 Å². The van der Waals surface area contributed by atoms with E-state index in [1.807, 2.05) is 30.3 Å². The number of rotatable bonds is 6. The first-order valence-electron chi connectivity index (χ1n) is 9.64. The fourth-order valence-electron chi connectivity index (χ4n) is 3.50. The van der Waals surface area contributed by atoms with Crippen molar-refractivity contribution in [2.45, 2.75) is 13.0 Å². The van der Waals surface area contributed by atoms with Crippen molar-refractivity contribution in [1.29, 1.82) is 0 Å². The van der Waals surface area contributed by atoms with Crippen LogP contribution in [0.3, 0.4) is 0 Å². The van der Waals surface area contributed by atoms with Gasteiger partial charge in [0.05, 0.1) is 19.9 Å². The molecule has 8 nitrogen and oxygen atoms in total. The Morgan fingerprint density at radius 2 is 1.87 bits per heavy atom. The van der Waals surface area contributed by atoms with Crippen molar-refractivity contribution in [2.75, 3.05) is 14.2 Å². The number of benzene rings is 2. The summed E-state index contributed by atoms with van der Waals surface area (Å²) in [6.45, 7) is 0.164. The SMILES string of the molecule is COc1ccc(CCn2c(O)c(/C=C3\C=Nc4ccccc43)c(=O)[nH]c2=O)cc1OC. The van der Waals surface area contributed by atoms with Gasteiger partial charge in [0, 0.05) is 23.9 Å². The number of hydrogen-bond acceptors (Lipinski definition) is 6. The molecular weight excluding hydrogens is 398 g/mol. The molecule has 158 valence electrons. The fourth-order valence-corrected chi connectivity index (χ4v) is 3.50. The monoisotopic (exact) mass is 419 g/mol. The van der Waals surface area contributed by atoms with Gasteiger partial charge in [-0.25, -0.2) is 4.79 Å². The van der Waals surface area contributed by atoms with Crippen LogP contribution in [0.5, 0.6) is 17.4 Å². The van der Waals surface area contributed by atoms with Crippen molar-refractivity contribution < 1.29 is 14.6 Å². The number of ether oxygens (including phenoxy) is 2. The van der Waals surface area contributed by atoms with E-state index in [0.717, 1.165) is 21.4 Å². The first-order valence-corrected chi connectivity index (χ1v) is 9.64. The third-order valence-electron chi connectivity index (χ3n) is 5.14. The number of aromatic hydroxyl groups is 1. The summed E-state index contributed by atoms with van der Waals surface area (Å²) in [6, 6.07) is 12.9. The molecule has 0 saturated heterocycles. The van der Waals surface area contributed by atoms with Crippen molar-refractivity contribution in [3.63, 3.8) is 0 Å². The highest BCUT2D eigenvalue weighted by molar-refractivity contribution is 6.21. The number of aryl methyl sites for hydroxylation is 1. The number of methoxy groups -OCH3 is 2. The molecule has 1 aromatic heterocycles. The molecule has 0 saturated carbocycles. The summed E-state index contributed by atoms with van der Waals surface area (Å²) in [7, 11) is 3.10. The highest BCUT2D eigenvalue weighted by Gasteiger charge is 2.17. The van der Waals surface area contributed by atoms with Gasteiger partial charge in [0.15, 0.2) is 11.5 Å². The van der Waals surface area contributed by atoms with Crippen LogP contribution in [0.4, 0.5) is 5.69 Å². The van der Waals surface area contributed by atoms with E-state index in [1.165, 1.54) is 6.08 Å². The molecule has 0 bridgehead atoms. The second kappa shape index (κ2) is 8.35. The summed E-state index contributed by atoms with van der Waals surface area (Å²) >= 11 is 0. The maximum absolute atomic E-state index is 12.4. The van der Waals surface area contributed by atoms with Crippen LogP contribution in [0, 0.1) is 0 Å². The Morgan fingerprint density at radius 1 is 1.10 bits per heavy atom. The van der Waals surface area contributed by atoms with Crippen molar-refractivity contribution in [3.05, 3.63) is 80.0 Å². The van der Waals surface area contributed by atoms with Crippen LogP contribution < -0.4 is 20.7 Å². The Morgan fingerprint density at radius 3 is 2.65 bits per heavy atom. The molecule has 0 aliphatic carbocycles. The number of aromatic nitrogens is 2. The second-order valence-electron chi connectivity index (χ2n) is 6.96. The highest BCUT2D eigenvalue weighted by Crippen LogP contribution is 2.32. The number of allylic oxidation sites excluding steroid dienone is 1. The molecule has 2 heterocycles. The van der Waals surface area contributed by atoms with Crippen LogP contribution in [-0.4, -0.2) is 35.1 Å². The summed E-state index contributed by atoms with van der Waals surface area (Å²) in [5, 5.41) is 10.7. The van der Waals surface area contributed by atoms with Gasteiger partial charge in [0.2, 0.25) is 5.88 Å². The fraction of sp³-hybridized carbons (Fsp3) is 0.174. The zero-order chi connectivity index (χ0) is 22.0. The Kier molecular flexibility index (Phi) is 5.44. The number of fused-ring (bicyclic) bond motifs is 1. The molecule has 3 aromatic rings. The number of nitrogens with zero attached hydrogens (tertiary/aromatic N) is 2. The molecule has 1 aliphatic heterocycles. The molecule has 0 atom stereocenters. The summed E-state index contributed by atoms with van der Waals surface area (Å²) in [5.74, 6) is 0.782. The topological polar surface area (TPSA) is 106 Å². The van der Waals surface area contributed by atoms with Gasteiger partial charge in [0.25, 0.3) is 5.56 Å². The minimum absolute atomic E-state index is 0.00469. The van der Waals surface area contributed by atoms with E-state index in [2.05, 4.69) is 9.98 Å². The molecule has 0 spiro atoms. The lowest BCUT2D eigenvalue weighted by molar-refractivity contribution is 0.354. The molecule has 2 aromatic carbocycles. The van der Waals surface area contributed by atoms with Crippen LogP contribution in [0.2, 0.25) is 0 Å². The molecule has 0 unspecified atom stereocenters. The number of aromatic amines is 1. The lowest BCUT2D eigenvalue weighted by Crippen LogP contribution is -2.32. The maximum Gasteiger partial charge on any atom is 0.331 e. The van der Waals surface area contributed by atoms with Crippen molar-refractivity contribution in [3.8, 4) is 17.4 Å². The number of aliphatic imine (C=N–C) groups is 1. The van der Waals surface area contributed by atoms with Crippen molar-refractivity contribution in [2.24, 2.45) is 4.99 Å². The summed E-state index contributed by atoms with van der Waals surface area (Å²) < 4.78 is 11.7. The molecule has 4 rings (SSSR count). The number of hydrogen-bond donors (Lipinski definition) is 2. The van der Waals surface area contributed by atoms with Crippen LogP contribution in [0.15, 0.2) is 57.0 Å². The molecule has 31 heavy (non-hydrogen) atoms. The quantitative estimate of drug-likeness (QED) is 0.639. The zero-order valence-electron chi connectivity index (χ0n) is 17.1. The Balaban J connectivity index is 1.66. The minimum atomic E-state index is -0.675. The Labute approximate surface area is 177 Å². The van der Waals surface area contributed by atoms with Gasteiger partial charge in [-0.15, -0.1) is 0 Å². The molecule has 2 N–H and O–H groups in total. The third-order valence-corrected chi connectivity index (χ3v) is 5.14. The van der Waals surface area contributed by atoms with E-state index in [1.54, 1.807) is 32.6 Å². The molecule has 0 fully saturated rings. The van der Waals surface area contributed by atoms with Gasteiger partial charge in [0.1, 0.15) is 5.56 Å². The third kappa shape index (κ3) is 3.87. The van der Waals surface area contributed by atoms with Crippen LogP contribution in [0.25, 0.3) is 11.6 Å². The van der Waals surface area contributed by atoms with E-state index in [9.17, 15) is 14.7 Å². The molecule has 8 heteroatoms. The second-order valence-corrected chi connectivity index (χ2v) is 6.96. The van der Waals surface area contributed by atoms with Gasteiger partial charge >= 0.3 is 5.69 Å². The predicted molar refractivity (Wildman–Crippen MR) is 119 cm³/mol. The van der Waals surface area contributed by atoms with Crippen molar-refractivity contribution >= 4 is 23.6 Å². The summed E-state index contributed by atoms with van der Waals surface area (Å²) in [4.78, 5) is 31.3. The van der Waals surface area contributed by atoms with Crippen LogP contribution in [0.1, 0.15) is 16.7 Å². The molecule has 0 amide bonds. The van der Waals surface area contributed by atoms with Crippen LogP contribution in [-0.2, 0) is 13.0 Å². The van der Waals surface area contributed by atoms with E-state index < -0.39 is 11.2 Å². The van der Waals surface area contributed by atoms with Crippen molar-refractivity contribution in [1.82, 2.24) is 9.55 Å².